The van der Waals surface area contributed by atoms with Gasteiger partial charge >= 0.3 is 0 Å². The molecule has 4 aromatic carbocycles. The number of halogens is 1. The number of anilines is 1. The Kier molecular flexibility index (Phi) is 11.4. The molecule has 236 valence electrons. The summed E-state index contributed by atoms with van der Waals surface area (Å²) in [6.07, 6.45) is 0.967. The van der Waals surface area contributed by atoms with E-state index in [0.717, 1.165) is 21.0 Å². The van der Waals surface area contributed by atoms with Gasteiger partial charge in [0.05, 0.1) is 10.6 Å². The average molecular weight is 646 g/mol. The Morgan fingerprint density at radius 2 is 1.47 bits per heavy atom. The SMILES string of the molecule is CC[C@H](C)NC(=O)[C@H](Cc1ccccc1)N(Cc1ccccc1C)C(=O)CN(c1cc(Cl)ccc1C)S(=O)(=O)c1ccccc1. The normalized spacial score (nSPS) is 12.6. The average Bonchev–Trinajstić information content (AvgIpc) is 3.04. The smallest absolute Gasteiger partial charge is 0.264 e. The molecule has 0 unspecified atom stereocenters. The molecule has 7 nitrogen and oxygen atoms in total. The Hall–Kier alpha value is -4.14. The third-order valence-electron chi connectivity index (χ3n) is 7.92. The number of carbonyl (C=O) groups excluding carboxylic acids is 2. The number of hydrogen-bond acceptors (Lipinski definition) is 4. The second-order valence-electron chi connectivity index (χ2n) is 11.2. The minimum atomic E-state index is -4.20. The zero-order chi connectivity index (χ0) is 32.6. The maximum atomic E-state index is 14.6. The second-order valence-corrected chi connectivity index (χ2v) is 13.5. The van der Waals surface area contributed by atoms with Gasteiger partial charge in [0.25, 0.3) is 10.0 Å². The number of carbonyl (C=O) groups is 2. The van der Waals surface area contributed by atoms with Crippen molar-refractivity contribution in [3.8, 4) is 0 Å². The molecule has 2 amide bonds. The lowest BCUT2D eigenvalue weighted by Crippen LogP contribution is -2.54. The topological polar surface area (TPSA) is 86.8 Å². The first-order chi connectivity index (χ1) is 21.5. The van der Waals surface area contributed by atoms with E-state index < -0.39 is 28.5 Å². The van der Waals surface area contributed by atoms with Crippen LogP contribution in [0.15, 0.2) is 108 Å². The summed E-state index contributed by atoms with van der Waals surface area (Å²) >= 11 is 6.36. The first kappa shape index (κ1) is 33.7. The van der Waals surface area contributed by atoms with Crippen molar-refractivity contribution >= 4 is 39.1 Å². The predicted octanol–water partition coefficient (Wildman–Crippen LogP) is 6.71. The van der Waals surface area contributed by atoms with Crippen LogP contribution in [0.2, 0.25) is 5.02 Å². The number of hydrogen-bond donors (Lipinski definition) is 1. The van der Waals surface area contributed by atoms with E-state index in [4.69, 9.17) is 11.6 Å². The first-order valence-electron chi connectivity index (χ1n) is 15.0. The Morgan fingerprint density at radius 3 is 2.11 bits per heavy atom. The van der Waals surface area contributed by atoms with Gasteiger partial charge in [-0.3, -0.25) is 13.9 Å². The summed E-state index contributed by atoms with van der Waals surface area (Å²) in [5, 5.41) is 3.40. The standard InChI is InChI=1S/C36H40ClN3O4S/c1-5-28(4)38-36(42)34(22-29-15-8-6-9-16-29)39(24-30-17-13-12-14-26(30)2)35(41)25-40(33-23-31(37)21-20-27(33)3)45(43,44)32-18-10-7-11-19-32/h6-21,23,28,34H,5,22,24-25H2,1-4H3,(H,38,42)/t28-,34-/m0/s1. The lowest BCUT2D eigenvalue weighted by Gasteiger charge is -2.35. The summed E-state index contributed by atoms with van der Waals surface area (Å²) in [6, 6.07) is 29.1. The lowest BCUT2D eigenvalue weighted by atomic mass is 10.0. The minimum absolute atomic E-state index is 0.0398. The molecule has 0 bridgehead atoms. The van der Waals surface area contributed by atoms with Gasteiger partial charge in [0.15, 0.2) is 0 Å². The van der Waals surface area contributed by atoms with Crippen LogP contribution in [0.3, 0.4) is 0 Å². The van der Waals surface area contributed by atoms with E-state index >= 15 is 0 Å². The maximum absolute atomic E-state index is 14.6. The predicted molar refractivity (Wildman–Crippen MR) is 181 cm³/mol. The van der Waals surface area contributed by atoms with E-state index in [2.05, 4.69) is 5.32 Å². The molecule has 2 atom stereocenters. The zero-order valence-corrected chi connectivity index (χ0v) is 27.7. The molecule has 0 fully saturated rings. The van der Waals surface area contributed by atoms with E-state index in [-0.39, 0.29) is 29.8 Å². The van der Waals surface area contributed by atoms with Crippen LogP contribution in [0.5, 0.6) is 0 Å². The van der Waals surface area contributed by atoms with Gasteiger partial charge in [-0.1, -0.05) is 97.4 Å². The van der Waals surface area contributed by atoms with Gasteiger partial charge in [-0.2, -0.15) is 0 Å². The molecule has 0 radical (unpaired) electrons. The summed E-state index contributed by atoms with van der Waals surface area (Å²) in [5.74, 6) is -0.816. The maximum Gasteiger partial charge on any atom is 0.264 e. The number of rotatable bonds is 13. The summed E-state index contributed by atoms with van der Waals surface area (Å²) in [6.45, 7) is 7.20. The van der Waals surface area contributed by atoms with Crippen LogP contribution in [-0.4, -0.2) is 43.8 Å². The van der Waals surface area contributed by atoms with Crippen LogP contribution in [-0.2, 0) is 32.6 Å². The zero-order valence-electron chi connectivity index (χ0n) is 26.1. The molecule has 0 aliphatic heterocycles. The summed E-state index contributed by atoms with van der Waals surface area (Å²) in [4.78, 5) is 30.1. The summed E-state index contributed by atoms with van der Waals surface area (Å²) in [5.41, 5.74) is 3.61. The fourth-order valence-corrected chi connectivity index (χ4v) is 6.71. The van der Waals surface area contributed by atoms with Gasteiger partial charge in [-0.25, -0.2) is 8.42 Å². The quantitative estimate of drug-likeness (QED) is 0.175. The van der Waals surface area contributed by atoms with Gasteiger partial charge < -0.3 is 10.2 Å². The van der Waals surface area contributed by atoms with Crippen molar-refractivity contribution in [2.75, 3.05) is 10.8 Å². The Labute approximate surface area is 271 Å². The van der Waals surface area contributed by atoms with Crippen LogP contribution in [0.25, 0.3) is 0 Å². The van der Waals surface area contributed by atoms with Gasteiger partial charge in [0.1, 0.15) is 12.6 Å². The number of amides is 2. The highest BCUT2D eigenvalue weighted by atomic mass is 35.5. The monoisotopic (exact) mass is 645 g/mol. The minimum Gasteiger partial charge on any atom is -0.352 e. The van der Waals surface area contributed by atoms with Crippen molar-refractivity contribution in [3.63, 3.8) is 0 Å². The van der Waals surface area contributed by atoms with Gasteiger partial charge in [0, 0.05) is 24.0 Å². The number of benzene rings is 4. The molecule has 4 rings (SSSR count). The highest BCUT2D eigenvalue weighted by Crippen LogP contribution is 2.30. The van der Waals surface area contributed by atoms with Crippen molar-refractivity contribution < 1.29 is 18.0 Å². The highest BCUT2D eigenvalue weighted by molar-refractivity contribution is 7.92. The van der Waals surface area contributed by atoms with Crippen molar-refractivity contribution in [2.24, 2.45) is 0 Å². The van der Waals surface area contributed by atoms with E-state index in [1.165, 1.54) is 17.0 Å². The van der Waals surface area contributed by atoms with E-state index in [1.54, 1.807) is 43.3 Å². The van der Waals surface area contributed by atoms with Crippen molar-refractivity contribution in [1.82, 2.24) is 10.2 Å². The van der Waals surface area contributed by atoms with Crippen LogP contribution in [0, 0.1) is 13.8 Å². The third kappa shape index (κ3) is 8.53. The van der Waals surface area contributed by atoms with E-state index in [9.17, 15) is 18.0 Å². The fraction of sp³-hybridized carbons (Fsp3) is 0.278. The third-order valence-corrected chi connectivity index (χ3v) is 9.93. The number of sulfonamides is 1. The molecule has 0 spiro atoms. The summed E-state index contributed by atoms with van der Waals surface area (Å²) in [7, 11) is -4.20. The molecule has 0 aromatic heterocycles. The van der Waals surface area contributed by atoms with Crippen molar-refractivity contribution in [1.29, 1.82) is 0 Å². The summed E-state index contributed by atoms with van der Waals surface area (Å²) < 4.78 is 29.5. The Bertz CT molecular complexity index is 1720. The molecule has 9 heteroatoms. The molecule has 0 saturated heterocycles. The molecule has 0 aliphatic carbocycles. The number of nitrogens with zero attached hydrogens (tertiary/aromatic N) is 2. The molecular formula is C36H40ClN3O4S. The molecule has 0 saturated carbocycles. The van der Waals surface area contributed by atoms with Crippen LogP contribution < -0.4 is 9.62 Å². The van der Waals surface area contributed by atoms with Crippen molar-refractivity contribution in [3.05, 3.63) is 130 Å². The number of aryl methyl sites for hydroxylation is 2. The van der Waals surface area contributed by atoms with Gasteiger partial charge in [-0.05, 0) is 73.7 Å². The van der Waals surface area contributed by atoms with Gasteiger partial charge in [0.2, 0.25) is 11.8 Å². The first-order valence-corrected chi connectivity index (χ1v) is 16.8. The molecular weight excluding hydrogens is 606 g/mol. The van der Waals surface area contributed by atoms with Crippen molar-refractivity contribution in [2.45, 2.75) is 64.1 Å². The lowest BCUT2D eigenvalue weighted by molar-refractivity contribution is -0.140. The Balaban J connectivity index is 1.84. The van der Waals surface area contributed by atoms with Crippen LogP contribution in [0.1, 0.15) is 42.5 Å². The van der Waals surface area contributed by atoms with E-state index in [0.29, 0.717) is 22.7 Å². The number of nitrogens with one attached hydrogen (secondary N) is 1. The van der Waals surface area contributed by atoms with Gasteiger partial charge in [-0.15, -0.1) is 0 Å². The Morgan fingerprint density at radius 1 is 0.844 bits per heavy atom. The molecule has 4 aromatic rings. The van der Waals surface area contributed by atoms with Crippen LogP contribution in [0.4, 0.5) is 5.69 Å². The van der Waals surface area contributed by atoms with E-state index in [1.807, 2.05) is 75.4 Å². The molecule has 45 heavy (non-hydrogen) atoms. The second kappa shape index (κ2) is 15.2. The fourth-order valence-electron chi connectivity index (χ4n) is 5.05. The molecule has 0 aliphatic rings. The highest BCUT2D eigenvalue weighted by Gasteiger charge is 2.35. The largest absolute Gasteiger partial charge is 0.352 e. The molecule has 0 heterocycles. The molecule has 1 N–H and O–H groups in total. The van der Waals surface area contributed by atoms with Crippen LogP contribution >= 0.6 is 11.6 Å².